The molecule has 0 radical (unpaired) electrons. The monoisotopic (exact) mass is 418 g/mol. The SMILES string of the molecule is CC1(C)Oc2ccc(/C=C\C(=O)N3CCOCC3)c(O)c2[C@H](N2CCOCC2)[C@H]1O. The summed E-state index contributed by atoms with van der Waals surface area (Å²) in [7, 11) is 0. The molecule has 2 saturated heterocycles. The molecule has 3 aliphatic rings. The summed E-state index contributed by atoms with van der Waals surface area (Å²) in [5.41, 5.74) is 0.278. The average molecular weight is 418 g/mol. The number of benzene rings is 1. The van der Waals surface area contributed by atoms with Crippen molar-refractivity contribution >= 4 is 12.0 Å². The Morgan fingerprint density at radius 2 is 1.73 bits per heavy atom. The van der Waals surface area contributed by atoms with Crippen molar-refractivity contribution in [3.63, 3.8) is 0 Å². The molecule has 8 heteroatoms. The lowest BCUT2D eigenvalue weighted by Gasteiger charge is -2.47. The maximum Gasteiger partial charge on any atom is 0.246 e. The van der Waals surface area contributed by atoms with Crippen LogP contribution >= 0.6 is 0 Å². The lowest BCUT2D eigenvalue weighted by molar-refractivity contribution is -0.129. The first-order chi connectivity index (χ1) is 14.4. The molecule has 1 amide bonds. The fourth-order valence-corrected chi connectivity index (χ4v) is 4.29. The summed E-state index contributed by atoms with van der Waals surface area (Å²) < 4.78 is 16.8. The van der Waals surface area contributed by atoms with E-state index in [0.717, 1.165) is 0 Å². The van der Waals surface area contributed by atoms with E-state index in [1.807, 2.05) is 13.8 Å². The molecule has 3 heterocycles. The van der Waals surface area contributed by atoms with Crippen molar-refractivity contribution < 1.29 is 29.2 Å². The highest BCUT2D eigenvalue weighted by Crippen LogP contribution is 2.48. The van der Waals surface area contributed by atoms with E-state index in [4.69, 9.17) is 14.2 Å². The molecule has 3 aliphatic heterocycles. The number of morpholine rings is 2. The van der Waals surface area contributed by atoms with Gasteiger partial charge < -0.3 is 29.3 Å². The Bertz CT molecular complexity index is 812. The van der Waals surface area contributed by atoms with Gasteiger partial charge in [-0.2, -0.15) is 0 Å². The number of rotatable bonds is 3. The highest BCUT2D eigenvalue weighted by molar-refractivity contribution is 5.92. The third-order valence-corrected chi connectivity index (χ3v) is 6.06. The Kier molecular flexibility index (Phi) is 6.02. The standard InChI is InChI=1S/C22H30N2O6/c1-22(2)21(27)19(24-9-13-29-14-10-24)18-16(30-22)5-3-15(20(18)26)4-6-17(25)23-7-11-28-12-8-23/h3-6,19,21,26-27H,7-14H2,1-2H3/b6-4-/t19-,21+/m0/s1. The number of hydrogen-bond acceptors (Lipinski definition) is 7. The largest absolute Gasteiger partial charge is 0.507 e. The van der Waals surface area contributed by atoms with Gasteiger partial charge in [-0.3, -0.25) is 9.69 Å². The predicted molar refractivity (Wildman–Crippen MR) is 110 cm³/mol. The van der Waals surface area contributed by atoms with Gasteiger partial charge >= 0.3 is 0 Å². The number of aromatic hydroxyl groups is 1. The third kappa shape index (κ3) is 4.05. The number of phenolic OH excluding ortho intramolecular Hbond substituents is 1. The van der Waals surface area contributed by atoms with Crippen LogP contribution in [0.3, 0.4) is 0 Å². The van der Waals surface area contributed by atoms with Crippen LogP contribution in [0.4, 0.5) is 0 Å². The molecule has 0 spiro atoms. The van der Waals surface area contributed by atoms with Crippen molar-refractivity contribution in [2.75, 3.05) is 52.6 Å². The summed E-state index contributed by atoms with van der Waals surface area (Å²) in [4.78, 5) is 16.3. The molecule has 1 aromatic rings. The van der Waals surface area contributed by atoms with E-state index in [-0.39, 0.29) is 11.7 Å². The summed E-state index contributed by atoms with van der Waals surface area (Å²) in [5.74, 6) is 0.470. The second-order valence-electron chi connectivity index (χ2n) is 8.43. The molecule has 30 heavy (non-hydrogen) atoms. The fraction of sp³-hybridized carbons (Fsp3) is 0.591. The van der Waals surface area contributed by atoms with Gasteiger partial charge in [0.2, 0.25) is 5.91 Å². The number of ether oxygens (including phenoxy) is 3. The summed E-state index contributed by atoms with van der Waals surface area (Å²) >= 11 is 0. The number of aliphatic hydroxyl groups excluding tert-OH is 1. The molecule has 1 aromatic carbocycles. The van der Waals surface area contributed by atoms with Gasteiger partial charge in [0.1, 0.15) is 23.2 Å². The minimum atomic E-state index is -0.830. The average Bonchev–Trinajstić information content (AvgIpc) is 2.75. The first-order valence-electron chi connectivity index (χ1n) is 10.5. The van der Waals surface area contributed by atoms with Crippen LogP contribution < -0.4 is 4.74 Å². The van der Waals surface area contributed by atoms with E-state index >= 15 is 0 Å². The van der Waals surface area contributed by atoms with Gasteiger partial charge in [0.25, 0.3) is 0 Å². The number of aliphatic hydroxyl groups is 1. The number of fused-ring (bicyclic) bond motifs is 1. The Morgan fingerprint density at radius 1 is 1.10 bits per heavy atom. The molecule has 0 aromatic heterocycles. The number of phenols is 1. The smallest absolute Gasteiger partial charge is 0.246 e. The van der Waals surface area contributed by atoms with E-state index in [1.165, 1.54) is 6.08 Å². The zero-order valence-electron chi connectivity index (χ0n) is 17.5. The highest BCUT2D eigenvalue weighted by atomic mass is 16.5. The summed E-state index contributed by atoms with van der Waals surface area (Å²) in [6, 6.07) is 3.12. The first kappa shape index (κ1) is 21.1. The summed E-state index contributed by atoms with van der Waals surface area (Å²) in [5, 5.41) is 22.2. The second kappa shape index (κ2) is 8.55. The molecule has 0 aliphatic carbocycles. The molecule has 2 fully saturated rings. The molecular weight excluding hydrogens is 388 g/mol. The summed E-state index contributed by atoms with van der Waals surface area (Å²) in [6.07, 6.45) is 2.26. The minimum Gasteiger partial charge on any atom is -0.507 e. The number of nitrogens with zero attached hydrogens (tertiary/aromatic N) is 2. The molecule has 164 valence electrons. The topological polar surface area (TPSA) is 91.7 Å². The summed E-state index contributed by atoms with van der Waals surface area (Å²) in [6.45, 7) is 8.37. The quantitative estimate of drug-likeness (QED) is 0.712. The zero-order chi connectivity index (χ0) is 21.3. The molecule has 2 N–H and O–H groups in total. The van der Waals surface area contributed by atoms with Gasteiger partial charge in [0, 0.05) is 37.8 Å². The van der Waals surface area contributed by atoms with E-state index in [2.05, 4.69) is 4.90 Å². The molecule has 4 rings (SSSR count). The van der Waals surface area contributed by atoms with Gasteiger partial charge in [-0.1, -0.05) is 0 Å². The van der Waals surface area contributed by atoms with Crippen molar-refractivity contribution in [1.29, 1.82) is 0 Å². The maximum atomic E-state index is 12.4. The van der Waals surface area contributed by atoms with Crippen LogP contribution in [0.1, 0.15) is 31.0 Å². The molecule has 0 bridgehead atoms. The van der Waals surface area contributed by atoms with E-state index < -0.39 is 17.7 Å². The van der Waals surface area contributed by atoms with Gasteiger partial charge in [-0.15, -0.1) is 0 Å². The number of carbonyl (C=O) groups is 1. The Balaban J connectivity index is 1.65. The number of hydrogen-bond donors (Lipinski definition) is 2. The van der Waals surface area contributed by atoms with Crippen molar-refractivity contribution in [1.82, 2.24) is 9.80 Å². The van der Waals surface area contributed by atoms with Crippen LogP contribution in [-0.4, -0.2) is 90.2 Å². The maximum absolute atomic E-state index is 12.4. The van der Waals surface area contributed by atoms with Gasteiger partial charge in [0.05, 0.1) is 38.0 Å². The van der Waals surface area contributed by atoms with Crippen LogP contribution in [0.2, 0.25) is 0 Å². The fourth-order valence-electron chi connectivity index (χ4n) is 4.29. The Morgan fingerprint density at radius 3 is 2.40 bits per heavy atom. The molecule has 0 saturated carbocycles. The van der Waals surface area contributed by atoms with Crippen LogP contribution in [0.25, 0.3) is 6.08 Å². The number of carbonyl (C=O) groups excluding carboxylic acids is 1. The van der Waals surface area contributed by atoms with Crippen LogP contribution in [0.15, 0.2) is 18.2 Å². The van der Waals surface area contributed by atoms with Crippen molar-refractivity contribution in [2.45, 2.75) is 31.6 Å². The first-order valence-corrected chi connectivity index (χ1v) is 10.5. The minimum absolute atomic E-state index is 0.0320. The van der Waals surface area contributed by atoms with Gasteiger partial charge in [0.15, 0.2) is 0 Å². The molecule has 0 unspecified atom stereocenters. The lowest BCUT2D eigenvalue weighted by Crippen LogP contribution is -2.55. The van der Waals surface area contributed by atoms with E-state index in [0.29, 0.717) is 69.5 Å². The Hall–Kier alpha value is -2.13. The lowest BCUT2D eigenvalue weighted by atomic mass is 9.84. The van der Waals surface area contributed by atoms with Crippen molar-refractivity contribution in [2.24, 2.45) is 0 Å². The molecular formula is C22H30N2O6. The second-order valence-corrected chi connectivity index (χ2v) is 8.43. The van der Waals surface area contributed by atoms with Crippen molar-refractivity contribution in [3.8, 4) is 11.5 Å². The number of amides is 1. The highest BCUT2D eigenvalue weighted by Gasteiger charge is 2.47. The van der Waals surface area contributed by atoms with Gasteiger partial charge in [-0.05, 0) is 32.1 Å². The van der Waals surface area contributed by atoms with E-state index in [1.54, 1.807) is 23.1 Å². The zero-order valence-corrected chi connectivity index (χ0v) is 17.5. The van der Waals surface area contributed by atoms with Crippen LogP contribution in [0, 0.1) is 0 Å². The van der Waals surface area contributed by atoms with Crippen LogP contribution in [-0.2, 0) is 14.3 Å². The Labute approximate surface area is 176 Å². The molecule has 8 nitrogen and oxygen atoms in total. The van der Waals surface area contributed by atoms with E-state index in [9.17, 15) is 15.0 Å². The predicted octanol–water partition coefficient (Wildman–Crippen LogP) is 1.17. The normalized spacial score (nSPS) is 27.0. The molecule has 2 atom stereocenters. The van der Waals surface area contributed by atoms with Crippen LogP contribution in [0.5, 0.6) is 11.5 Å². The van der Waals surface area contributed by atoms with Crippen molar-refractivity contribution in [3.05, 3.63) is 29.3 Å². The third-order valence-electron chi connectivity index (χ3n) is 6.06. The van der Waals surface area contributed by atoms with Gasteiger partial charge in [-0.25, -0.2) is 0 Å².